The fourth-order valence-electron chi connectivity index (χ4n) is 1.24. The summed E-state index contributed by atoms with van der Waals surface area (Å²) in [6, 6.07) is 8.23. The first-order chi connectivity index (χ1) is 5.77. The van der Waals surface area contributed by atoms with Gasteiger partial charge in [-0.3, -0.25) is 4.98 Å². The summed E-state index contributed by atoms with van der Waals surface area (Å²) >= 11 is 0. The van der Waals surface area contributed by atoms with Crippen LogP contribution in [0.4, 0.5) is 0 Å². The maximum Gasteiger partial charge on any atom is 0.0773 e. The fourth-order valence-corrected chi connectivity index (χ4v) is 2.23. The maximum atomic E-state index is 4.29. The Balaban J connectivity index is 2.89. The van der Waals surface area contributed by atoms with Crippen LogP contribution in [0, 0.1) is 0 Å². The Labute approximate surface area is 76.0 Å². The Morgan fingerprint density at radius 2 is 2.00 bits per heavy atom. The summed E-state index contributed by atoms with van der Waals surface area (Å²) in [5.41, 5.74) is 1.06. The fraction of sp³-hybridized carbons (Fsp3) is 0. The van der Waals surface area contributed by atoms with Crippen molar-refractivity contribution in [3.63, 3.8) is 0 Å². The summed E-state index contributed by atoms with van der Waals surface area (Å²) in [7, 11) is 5.40. The molecule has 0 aliphatic rings. The summed E-state index contributed by atoms with van der Waals surface area (Å²) in [5, 5.41) is 3.54. The average Bonchev–Trinajstić information content (AvgIpc) is 2.04. The first-order valence-corrected chi connectivity index (χ1v) is 4.82. The van der Waals surface area contributed by atoms with E-state index >= 15 is 0 Å². The van der Waals surface area contributed by atoms with Crippen LogP contribution in [0.15, 0.2) is 30.5 Å². The molecule has 0 bridgehead atoms. The van der Waals surface area contributed by atoms with Crippen LogP contribution in [0.25, 0.3) is 10.9 Å². The second-order valence-electron chi connectivity index (χ2n) is 2.69. The Morgan fingerprint density at radius 3 is 2.83 bits per heavy atom. The van der Waals surface area contributed by atoms with Gasteiger partial charge in [-0.25, -0.2) is 0 Å². The van der Waals surface area contributed by atoms with Crippen molar-refractivity contribution < 1.29 is 0 Å². The molecule has 2 rings (SSSR count). The predicted molar refractivity (Wildman–Crippen MR) is 60.4 cm³/mol. The molecule has 1 nitrogen and oxygen atoms in total. The van der Waals surface area contributed by atoms with Crippen LogP contribution >= 0.6 is 18.5 Å². The van der Waals surface area contributed by atoms with E-state index in [-0.39, 0.29) is 0 Å². The van der Waals surface area contributed by atoms with Gasteiger partial charge in [0.05, 0.1) is 5.52 Å². The Bertz CT molecular complexity index is 426. The van der Waals surface area contributed by atoms with Crippen LogP contribution in [0.1, 0.15) is 0 Å². The average molecular weight is 193 g/mol. The van der Waals surface area contributed by atoms with E-state index in [0.717, 1.165) is 10.8 Å². The van der Waals surface area contributed by atoms with Crippen LogP contribution in [0.5, 0.6) is 0 Å². The van der Waals surface area contributed by atoms with E-state index in [1.807, 2.05) is 12.3 Å². The number of fused-ring (bicyclic) bond motifs is 1. The monoisotopic (exact) mass is 193 g/mol. The standard InChI is InChI=1S/C9H9NP2/c11-7-4-6-2-1-3-10-9(6)8(12)5-7/h1-5H,11-12H2. The van der Waals surface area contributed by atoms with E-state index in [0.29, 0.717) is 0 Å². The lowest BCUT2D eigenvalue weighted by atomic mass is 10.2. The summed E-state index contributed by atoms with van der Waals surface area (Å²) in [5.74, 6) is 0. The van der Waals surface area contributed by atoms with E-state index in [1.165, 1.54) is 10.7 Å². The van der Waals surface area contributed by atoms with E-state index in [4.69, 9.17) is 0 Å². The molecule has 12 heavy (non-hydrogen) atoms. The second-order valence-corrected chi connectivity index (χ2v) is 3.97. The van der Waals surface area contributed by atoms with Crippen molar-refractivity contribution in [2.75, 3.05) is 0 Å². The summed E-state index contributed by atoms with van der Waals surface area (Å²) in [6.45, 7) is 0. The molecule has 0 saturated carbocycles. The van der Waals surface area contributed by atoms with Gasteiger partial charge in [0.2, 0.25) is 0 Å². The quantitative estimate of drug-likeness (QED) is 0.573. The normalized spacial score (nSPS) is 10.5. The number of benzene rings is 1. The number of hydrogen-bond acceptors (Lipinski definition) is 1. The lowest BCUT2D eigenvalue weighted by Gasteiger charge is -2.01. The number of nitrogens with zero attached hydrogens (tertiary/aromatic N) is 1. The zero-order chi connectivity index (χ0) is 8.55. The third-order valence-electron chi connectivity index (χ3n) is 1.76. The highest BCUT2D eigenvalue weighted by atomic mass is 31.0. The Morgan fingerprint density at radius 1 is 1.17 bits per heavy atom. The van der Waals surface area contributed by atoms with Gasteiger partial charge in [-0.15, -0.1) is 18.5 Å². The van der Waals surface area contributed by atoms with Gasteiger partial charge in [0.1, 0.15) is 0 Å². The summed E-state index contributed by atoms with van der Waals surface area (Å²) < 4.78 is 0. The number of pyridine rings is 1. The van der Waals surface area contributed by atoms with E-state index in [9.17, 15) is 0 Å². The van der Waals surface area contributed by atoms with Gasteiger partial charge in [0, 0.05) is 11.6 Å². The SMILES string of the molecule is Pc1cc(P)c2ncccc2c1. The smallest absolute Gasteiger partial charge is 0.0773 e. The molecule has 3 heteroatoms. The molecule has 0 aliphatic heterocycles. The van der Waals surface area contributed by atoms with Gasteiger partial charge in [0.15, 0.2) is 0 Å². The highest BCUT2D eigenvalue weighted by Crippen LogP contribution is 2.09. The molecule has 0 saturated heterocycles. The molecule has 0 radical (unpaired) electrons. The third kappa shape index (κ3) is 1.35. The topological polar surface area (TPSA) is 12.9 Å². The van der Waals surface area contributed by atoms with Gasteiger partial charge in [-0.05, 0) is 28.8 Å². The van der Waals surface area contributed by atoms with Crippen LogP contribution in [-0.4, -0.2) is 4.98 Å². The Kier molecular flexibility index (Phi) is 2.09. The zero-order valence-corrected chi connectivity index (χ0v) is 8.80. The zero-order valence-electron chi connectivity index (χ0n) is 6.49. The van der Waals surface area contributed by atoms with Crippen molar-refractivity contribution in [2.45, 2.75) is 0 Å². The number of aromatic nitrogens is 1. The van der Waals surface area contributed by atoms with Crippen LogP contribution in [-0.2, 0) is 0 Å². The van der Waals surface area contributed by atoms with Crippen LogP contribution in [0.2, 0.25) is 0 Å². The molecule has 1 aromatic heterocycles. The van der Waals surface area contributed by atoms with Gasteiger partial charge in [0.25, 0.3) is 0 Å². The first kappa shape index (κ1) is 8.10. The molecule has 2 unspecified atom stereocenters. The molecule has 1 aromatic carbocycles. The van der Waals surface area contributed by atoms with Crippen LogP contribution < -0.4 is 10.6 Å². The van der Waals surface area contributed by atoms with Gasteiger partial charge >= 0.3 is 0 Å². The molecule has 0 amide bonds. The van der Waals surface area contributed by atoms with Gasteiger partial charge in [-0.1, -0.05) is 6.07 Å². The largest absolute Gasteiger partial charge is 0.256 e. The Hall–Kier alpha value is -0.510. The second kappa shape index (κ2) is 3.09. The minimum atomic E-state index is 1.06. The van der Waals surface area contributed by atoms with E-state index in [1.54, 1.807) is 0 Å². The van der Waals surface area contributed by atoms with Crippen molar-refractivity contribution in [3.05, 3.63) is 30.5 Å². The van der Waals surface area contributed by atoms with E-state index in [2.05, 4.69) is 41.7 Å². The van der Waals surface area contributed by atoms with Crippen molar-refractivity contribution in [1.29, 1.82) is 0 Å². The minimum absolute atomic E-state index is 1.06. The third-order valence-corrected chi connectivity index (χ3v) is 2.53. The maximum absolute atomic E-state index is 4.29. The van der Waals surface area contributed by atoms with Gasteiger partial charge < -0.3 is 0 Å². The highest BCUT2D eigenvalue weighted by Gasteiger charge is 1.97. The first-order valence-electron chi connectivity index (χ1n) is 3.67. The molecular formula is C9H9NP2. The summed E-state index contributed by atoms with van der Waals surface area (Å²) in [4.78, 5) is 4.29. The number of hydrogen-bond donors (Lipinski definition) is 0. The van der Waals surface area contributed by atoms with Crippen molar-refractivity contribution in [3.8, 4) is 0 Å². The molecule has 0 fully saturated rings. The minimum Gasteiger partial charge on any atom is -0.256 e. The molecule has 2 aromatic rings. The lowest BCUT2D eigenvalue weighted by Crippen LogP contribution is -2.03. The molecule has 2 atom stereocenters. The van der Waals surface area contributed by atoms with E-state index < -0.39 is 0 Å². The molecule has 0 N–H and O–H groups in total. The van der Waals surface area contributed by atoms with Crippen LogP contribution in [0.3, 0.4) is 0 Å². The molecule has 1 heterocycles. The van der Waals surface area contributed by atoms with Crippen molar-refractivity contribution in [1.82, 2.24) is 4.98 Å². The van der Waals surface area contributed by atoms with Crippen molar-refractivity contribution >= 4 is 40.0 Å². The van der Waals surface area contributed by atoms with Gasteiger partial charge in [-0.2, -0.15) is 0 Å². The lowest BCUT2D eigenvalue weighted by molar-refractivity contribution is 1.43. The molecular weight excluding hydrogens is 184 g/mol. The summed E-state index contributed by atoms with van der Waals surface area (Å²) in [6.07, 6.45) is 1.82. The molecule has 60 valence electrons. The molecule has 0 spiro atoms. The van der Waals surface area contributed by atoms with Crippen molar-refractivity contribution in [2.24, 2.45) is 0 Å². The molecule has 0 aliphatic carbocycles. The number of rotatable bonds is 0. The predicted octanol–water partition coefficient (Wildman–Crippen LogP) is 1.24. The highest BCUT2D eigenvalue weighted by molar-refractivity contribution is 7.30.